The first kappa shape index (κ1) is 15.3. The van der Waals surface area contributed by atoms with Crippen molar-refractivity contribution in [1.29, 1.82) is 0 Å². The van der Waals surface area contributed by atoms with E-state index in [0.717, 1.165) is 16.9 Å². The van der Waals surface area contributed by atoms with Gasteiger partial charge in [-0.25, -0.2) is 8.42 Å². The third-order valence-corrected chi connectivity index (χ3v) is 5.39. The van der Waals surface area contributed by atoms with Crippen molar-refractivity contribution in [2.24, 2.45) is 0 Å². The van der Waals surface area contributed by atoms with Gasteiger partial charge in [0.25, 0.3) is 0 Å². The van der Waals surface area contributed by atoms with Gasteiger partial charge in [0, 0.05) is 12.6 Å². The van der Waals surface area contributed by atoms with Crippen LogP contribution in [0.2, 0.25) is 0 Å². The van der Waals surface area contributed by atoms with Gasteiger partial charge in [-0.1, -0.05) is 17.7 Å². The number of rotatable bonds is 5. The Hall–Kier alpha value is -1.07. The second kappa shape index (κ2) is 6.14. The van der Waals surface area contributed by atoms with Gasteiger partial charge < -0.3 is 10.1 Å². The summed E-state index contributed by atoms with van der Waals surface area (Å²) in [5, 5.41) is 3.25. The fourth-order valence-corrected chi connectivity index (χ4v) is 4.47. The molecule has 1 unspecified atom stereocenters. The second-order valence-corrected chi connectivity index (χ2v) is 7.86. The van der Waals surface area contributed by atoms with E-state index in [2.05, 4.69) is 24.4 Å². The number of benzene rings is 1. The van der Waals surface area contributed by atoms with Crippen molar-refractivity contribution in [1.82, 2.24) is 5.32 Å². The van der Waals surface area contributed by atoms with E-state index in [-0.39, 0.29) is 11.8 Å². The molecule has 1 fully saturated rings. The Kier molecular flexibility index (Phi) is 4.70. The number of aryl methyl sites for hydroxylation is 3. The van der Waals surface area contributed by atoms with E-state index in [1.165, 1.54) is 5.56 Å². The van der Waals surface area contributed by atoms with Crippen molar-refractivity contribution in [3.63, 3.8) is 0 Å². The maximum atomic E-state index is 11.3. The highest BCUT2D eigenvalue weighted by atomic mass is 32.2. The van der Waals surface area contributed by atoms with Crippen LogP contribution in [0.1, 0.15) is 23.1 Å². The first-order valence-corrected chi connectivity index (χ1v) is 8.84. The predicted octanol–water partition coefficient (Wildman–Crippen LogP) is 1.77. The van der Waals surface area contributed by atoms with Crippen LogP contribution in [0.4, 0.5) is 0 Å². The van der Waals surface area contributed by atoms with Gasteiger partial charge in [0.05, 0.1) is 11.5 Å². The highest BCUT2D eigenvalue weighted by Gasteiger charge is 2.27. The molecule has 1 aromatic carbocycles. The molecular weight excluding hydrogens is 274 g/mol. The number of hydrogen-bond acceptors (Lipinski definition) is 4. The van der Waals surface area contributed by atoms with Gasteiger partial charge in [-0.15, -0.1) is 0 Å². The minimum absolute atomic E-state index is 0.0869. The zero-order valence-electron chi connectivity index (χ0n) is 12.4. The van der Waals surface area contributed by atoms with Crippen molar-refractivity contribution in [2.45, 2.75) is 33.2 Å². The Labute approximate surface area is 121 Å². The molecule has 0 saturated carbocycles. The average molecular weight is 297 g/mol. The molecule has 1 aliphatic heterocycles. The Bertz CT molecular complexity index is 558. The predicted molar refractivity (Wildman–Crippen MR) is 81.2 cm³/mol. The van der Waals surface area contributed by atoms with Gasteiger partial charge in [0.15, 0.2) is 9.84 Å². The van der Waals surface area contributed by atoms with Crippen LogP contribution in [0, 0.1) is 20.8 Å². The van der Waals surface area contributed by atoms with Crippen molar-refractivity contribution >= 4 is 9.84 Å². The third-order valence-electron chi connectivity index (χ3n) is 3.62. The Morgan fingerprint density at radius 3 is 2.45 bits per heavy atom. The Balaban J connectivity index is 1.80. The van der Waals surface area contributed by atoms with E-state index in [1.807, 2.05) is 13.8 Å². The van der Waals surface area contributed by atoms with Gasteiger partial charge in [-0.2, -0.15) is 0 Å². The van der Waals surface area contributed by atoms with Crippen molar-refractivity contribution in [3.8, 4) is 5.75 Å². The van der Waals surface area contributed by atoms with E-state index in [1.54, 1.807) is 0 Å². The summed E-state index contributed by atoms with van der Waals surface area (Å²) in [7, 11) is -2.81. The lowest BCUT2D eigenvalue weighted by Gasteiger charge is -2.15. The van der Waals surface area contributed by atoms with E-state index >= 15 is 0 Å². The van der Waals surface area contributed by atoms with E-state index < -0.39 is 9.84 Å². The first-order valence-electron chi connectivity index (χ1n) is 7.02. The van der Waals surface area contributed by atoms with E-state index in [4.69, 9.17) is 4.74 Å². The molecule has 1 aromatic rings. The molecule has 0 amide bonds. The van der Waals surface area contributed by atoms with Gasteiger partial charge >= 0.3 is 0 Å². The van der Waals surface area contributed by atoms with Crippen molar-refractivity contribution in [3.05, 3.63) is 28.8 Å². The number of hydrogen-bond donors (Lipinski definition) is 1. The summed E-state index contributed by atoms with van der Waals surface area (Å²) in [4.78, 5) is 0. The van der Waals surface area contributed by atoms with Gasteiger partial charge in [-0.3, -0.25) is 0 Å². The molecule has 1 aliphatic rings. The normalized spacial score (nSPS) is 21.1. The number of nitrogens with one attached hydrogen (secondary N) is 1. The molecular formula is C15H23NO3S. The summed E-state index contributed by atoms with van der Waals surface area (Å²) >= 11 is 0. The summed E-state index contributed by atoms with van der Waals surface area (Å²) in [5.41, 5.74) is 3.53. The van der Waals surface area contributed by atoms with Crippen LogP contribution in [0.15, 0.2) is 12.1 Å². The fraction of sp³-hybridized carbons (Fsp3) is 0.600. The average Bonchev–Trinajstić information content (AvgIpc) is 2.66. The topological polar surface area (TPSA) is 55.4 Å². The third kappa shape index (κ3) is 3.96. The summed E-state index contributed by atoms with van der Waals surface area (Å²) < 4.78 is 28.5. The molecule has 1 N–H and O–H groups in total. The summed E-state index contributed by atoms with van der Waals surface area (Å²) in [5.74, 6) is 1.51. The first-order chi connectivity index (χ1) is 9.37. The van der Waals surface area contributed by atoms with Crippen molar-refractivity contribution < 1.29 is 13.2 Å². The van der Waals surface area contributed by atoms with E-state index in [0.29, 0.717) is 25.3 Å². The molecule has 0 radical (unpaired) electrons. The lowest BCUT2D eigenvalue weighted by atomic mass is 10.1. The zero-order valence-corrected chi connectivity index (χ0v) is 13.2. The molecule has 0 bridgehead atoms. The number of sulfone groups is 1. The highest BCUT2D eigenvalue weighted by Crippen LogP contribution is 2.24. The standard InChI is InChI=1S/C15H23NO3S/c1-11-8-12(2)15(13(3)9-11)19-6-5-16-14-4-7-20(17,18)10-14/h8-9,14,16H,4-7,10H2,1-3H3. The van der Waals surface area contributed by atoms with Crippen LogP contribution in [0.25, 0.3) is 0 Å². The van der Waals surface area contributed by atoms with Gasteiger partial charge in [0.2, 0.25) is 0 Å². The molecule has 0 aromatic heterocycles. The SMILES string of the molecule is Cc1cc(C)c(OCCNC2CCS(=O)(=O)C2)c(C)c1. The smallest absolute Gasteiger partial charge is 0.151 e. The van der Waals surface area contributed by atoms with Crippen LogP contribution in [0.3, 0.4) is 0 Å². The maximum absolute atomic E-state index is 11.3. The fourth-order valence-electron chi connectivity index (χ4n) is 2.77. The van der Waals surface area contributed by atoms with Crippen LogP contribution in [-0.2, 0) is 9.84 Å². The summed E-state index contributed by atoms with van der Waals surface area (Å²) in [6.45, 7) is 7.40. The van der Waals surface area contributed by atoms with Gasteiger partial charge in [0.1, 0.15) is 12.4 Å². The van der Waals surface area contributed by atoms with Crippen LogP contribution in [-0.4, -0.2) is 39.1 Å². The lowest BCUT2D eigenvalue weighted by molar-refractivity contribution is 0.303. The zero-order chi connectivity index (χ0) is 14.8. The maximum Gasteiger partial charge on any atom is 0.151 e. The second-order valence-electron chi connectivity index (χ2n) is 5.63. The molecule has 20 heavy (non-hydrogen) atoms. The quantitative estimate of drug-likeness (QED) is 0.842. The molecule has 2 rings (SSSR count). The summed E-state index contributed by atoms with van der Waals surface area (Å²) in [6, 6.07) is 4.31. The molecule has 112 valence electrons. The molecule has 0 spiro atoms. The molecule has 0 aliphatic carbocycles. The largest absolute Gasteiger partial charge is 0.492 e. The van der Waals surface area contributed by atoms with Crippen LogP contribution >= 0.6 is 0 Å². The Morgan fingerprint density at radius 2 is 1.90 bits per heavy atom. The minimum atomic E-state index is -2.81. The molecule has 1 atom stereocenters. The summed E-state index contributed by atoms with van der Waals surface area (Å²) in [6.07, 6.45) is 0.713. The minimum Gasteiger partial charge on any atom is -0.492 e. The van der Waals surface area contributed by atoms with Crippen LogP contribution in [0.5, 0.6) is 5.75 Å². The molecule has 4 nitrogen and oxygen atoms in total. The lowest BCUT2D eigenvalue weighted by Crippen LogP contribution is -2.33. The van der Waals surface area contributed by atoms with Crippen LogP contribution < -0.4 is 10.1 Å². The van der Waals surface area contributed by atoms with Crippen molar-refractivity contribution in [2.75, 3.05) is 24.7 Å². The Morgan fingerprint density at radius 1 is 1.25 bits per heavy atom. The van der Waals surface area contributed by atoms with Gasteiger partial charge in [-0.05, 0) is 38.3 Å². The highest BCUT2D eigenvalue weighted by molar-refractivity contribution is 7.91. The van der Waals surface area contributed by atoms with E-state index in [9.17, 15) is 8.42 Å². The molecule has 1 heterocycles. The monoisotopic (exact) mass is 297 g/mol. The number of ether oxygens (including phenoxy) is 1. The molecule has 1 saturated heterocycles. The molecule has 5 heteroatoms.